The summed E-state index contributed by atoms with van der Waals surface area (Å²) in [6.07, 6.45) is -3.43. The Morgan fingerprint density at radius 1 is 1.27 bits per heavy atom. The standard InChI is InChI=1S/C14H13F3N4O/c1-10(11-5-3-2-4-6-11)18-19-13(22)9-21-8-7-12(20-21)14(15,16)17/h2-8H,9H2,1H3,(H,19,22)/b18-10-. The van der Waals surface area contributed by atoms with Crippen LogP contribution in [0.3, 0.4) is 0 Å². The Morgan fingerprint density at radius 3 is 2.55 bits per heavy atom. The first-order chi connectivity index (χ1) is 10.4. The topological polar surface area (TPSA) is 59.3 Å². The number of hydrogen-bond acceptors (Lipinski definition) is 3. The van der Waals surface area contributed by atoms with Crippen LogP contribution in [0.25, 0.3) is 0 Å². The third kappa shape index (κ3) is 4.18. The van der Waals surface area contributed by atoms with Gasteiger partial charge in [-0.3, -0.25) is 9.48 Å². The van der Waals surface area contributed by atoms with Crippen LogP contribution < -0.4 is 5.43 Å². The number of carbonyl (C=O) groups excluding carboxylic acids is 1. The highest BCUT2D eigenvalue weighted by Gasteiger charge is 2.33. The van der Waals surface area contributed by atoms with E-state index in [1.807, 2.05) is 30.3 Å². The first-order valence-corrected chi connectivity index (χ1v) is 6.35. The molecule has 0 fully saturated rings. The minimum Gasteiger partial charge on any atom is -0.271 e. The number of benzene rings is 1. The maximum absolute atomic E-state index is 12.4. The predicted octanol–water partition coefficient (Wildman–Crippen LogP) is 2.44. The summed E-state index contributed by atoms with van der Waals surface area (Å²) in [5, 5.41) is 7.19. The zero-order valence-corrected chi connectivity index (χ0v) is 11.6. The van der Waals surface area contributed by atoms with Gasteiger partial charge in [0.1, 0.15) is 6.54 Å². The van der Waals surface area contributed by atoms with Gasteiger partial charge in [0.15, 0.2) is 5.69 Å². The van der Waals surface area contributed by atoms with E-state index in [1.54, 1.807) is 6.92 Å². The fraction of sp³-hybridized carbons (Fsp3) is 0.214. The van der Waals surface area contributed by atoms with Gasteiger partial charge in [-0.2, -0.15) is 23.4 Å². The van der Waals surface area contributed by atoms with Crippen LogP contribution >= 0.6 is 0 Å². The van der Waals surface area contributed by atoms with E-state index in [1.165, 1.54) is 0 Å². The van der Waals surface area contributed by atoms with Crippen LogP contribution in [0.15, 0.2) is 47.7 Å². The third-order valence-electron chi connectivity index (χ3n) is 2.78. The Balaban J connectivity index is 1.95. The lowest BCUT2D eigenvalue weighted by Gasteiger charge is -2.04. The molecule has 2 aromatic rings. The molecule has 8 heteroatoms. The van der Waals surface area contributed by atoms with Crippen molar-refractivity contribution in [3.63, 3.8) is 0 Å². The lowest BCUT2D eigenvalue weighted by atomic mass is 10.1. The van der Waals surface area contributed by atoms with Gasteiger partial charge in [-0.15, -0.1) is 0 Å². The lowest BCUT2D eigenvalue weighted by Crippen LogP contribution is -2.24. The molecule has 0 spiro atoms. The van der Waals surface area contributed by atoms with Crippen LogP contribution in [0.5, 0.6) is 0 Å². The lowest BCUT2D eigenvalue weighted by molar-refractivity contribution is -0.141. The number of amides is 1. The van der Waals surface area contributed by atoms with Crippen molar-refractivity contribution >= 4 is 11.6 Å². The minimum absolute atomic E-state index is 0.346. The van der Waals surface area contributed by atoms with Crippen molar-refractivity contribution in [1.29, 1.82) is 0 Å². The zero-order valence-electron chi connectivity index (χ0n) is 11.6. The molecule has 22 heavy (non-hydrogen) atoms. The van der Waals surface area contributed by atoms with Crippen LogP contribution in [-0.2, 0) is 17.5 Å². The van der Waals surface area contributed by atoms with E-state index in [9.17, 15) is 18.0 Å². The molecule has 0 saturated heterocycles. The molecule has 116 valence electrons. The molecule has 1 aromatic carbocycles. The maximum Gasteiger partial charge on any atom is 0.435 e. The Morgan fingerprint density at radius 2 is 1.95 bits per heavy atom. The number of hydrazone groups is 1. The van der Waals surface area contributed by atoms with Crippen LogP contribution in [0.4, 0.5) is 13.2 Å². The normalized spacial score (nSPS) is 12.3. The number of aromatic nitrogens is 2. The van der Waals surface area contributed by atoms with Crippen molar-refractivity contribution in [2.45, 2.75) is 19.6 Å². The SMILES string of the molecule is C/C(=N/NC(=O)Cn1ccc(C(F)(F)F)n1)c1ccccc1. The summed E-state index contributed by atoms with van der Waals surface area (Å²) in [5.41, 5.74) is 2.67. The van der Waals surface area contributed by atoms with Gasteiger partial charge in [-0.25, -0.2) is 5.43 Å². The molecule has 0 unspecified atom stereocenters. The van der Waals surface area contributed by atoms with Crippen LogP contribution in [0, 0.1) is 0 Å². The number of nitrogens with one attached hydrogen (secondary N) is 1. The van der Waals surface area contributed by atoms with E-state index in [4.69, 9.17) is 0 Å². The number of alkyl halides is 3. The Labute approximate surface area is 124 Å². The minimum atomic E-state index is -4.52. The smallest absolute Gasteiger partial charge is 0.271 e. The summed E-state index contributed by atoms with van der Waals surface area (Å²) in [5.74, 6) is -0.563. The van der Waals surface area contributed by atoms with E-state index in [-0.39, 0.29) is 6.54 Å². The monoisotopic (exact) mass is 310 g/mol. The van der Waals surface area contributed by atoms with Gasteiger partial charge >= 0.3 is 6.18 Å². The van der Waals surface area contributed by atoms with Gasteiger partial charge in [0.05, 0.1) is 5.71 Å². The van der Waals surface area contributed by atoms with Gasteiger partial charge in [0.2, 0.25) is 0 Å². The fourth-order valence-corrected chi connectivity index (χ4v) is 1.67. The zero-order chi connectivity index (χ0) is 16.2. The van der Waals surface area contributed by atoms with Crippen LogP contribution in [-0.4, -0.2) is 21.4 Å². The molecule has 0 radical (unpaired) electrons. The predicted molar refractivity (Wildman–Crippen MR) is 74.0 cm³/mol. The number of halogens is 3. The van der Waals surface area contributed by atoms with Crippen molar-refractivity contribution in [2.75, 3.05) is 0 Å². The third-order valence-corrected chi connectivity index (χ3v) is 2.78. The number of hydrogen-bond donors (Lipinski definition) is 1. The molecule has 1 aromatic heterocycles. The van der Waals surface area contributed by atoms with Crippen molar-refractivity contribution in [3.05, 3.63) is 53.9 Å². The van der Waals surface area contributed by atoms with E-state index in [0.717, 1.165) is 22.5 Å². The first-order valence-electron chi connectivity index (χ1n) is 6.35. The summed E-state index contributed by atoms with van der Waals surface area (Å²) in [4.78, 5) is 11.6. The van der Waals surface area contributed by atoms with Gasteiger partial charge in [0, 0.05) is 6.20 Å². The number of rotatable bonds is 4. The number of nitrogens with zero attached hydrogens (tertiary/aromatic N) is 3. The first kappa shape index (κ1) is 15.7. The molecule has 1 amide bonds. The quantitative estimate of drug-likeness (QED) is 0.696. The molecule has 0 saturated carbocycles. The average molecular weight is 310 g/mol. The van der Waals surface area contributed by atoms with Crippen LogP contribution in [0.2, 0.25) is 0 Å². The second-order valence-electron chi connectivity index (χ2n) is 4.49. The second kappa shape index (κ2) is 6.42. The Kier molecular flexibility index (Phi) is 4.59. The Bertz CT molecular complexity index is 677. The largest absolute Gasteiger partial charge is 0.435 e. The average Bonchev–Trinajstić information content (AvgIpc) is 2.94. The summed E-state index contributed by atoms with van der Waals surface area (Å²) in [6.45, 7) is 1.37. The highest BCUT2D eigenvalue weighted by atomic mass is 19.4. The summed E-state index contributed by atoms with van der Waals surface area (Å²) in [7, 11) is 0. The van der Waals surface area contributed by atoms with Gasteiger partial charge in [-0.05, 0) is 18.6 Å². The molecule has 1 heterocycles. The molecule has 0 aliphatic rings. The van der Waals surface area contributed by atoms with Crippen molar-refractivity contribution in [3.8, 4) is 0 Å². The molecule has 0 bridgehead atoms. The van der Waals surface area contributed by atoms with E-state index >= 15 is 0 Å². The van der Waals surface area contributed by atoms with E-state index in [0.29, 0.717) is 5.71 Å². The van der Waals surface area contributed by atoms with Gasteiger partial charge in [-0.1, -0.05) is 30.3 Å². The molecule has 0 atom stereocenters. The fourth-order valence-electron chi connectivity index (χ4n) is 1.67. The summed E-state index contributed by atoms with van der Waals surface area (Å²) in [6, 6.07) is 9.98. The highest BCUT2D eigenvalue weighted by molar-refractivity contribution is 5.99. The van der Waals surface area contributed by atoms with E-state index < -0.39 is 17.8 Å². The van der Waals surface area contributed by atoms with Gasteiger partial charge < -0.3 is 0 Å². The highest BCUT2D eigenvalue weighted by Crippen LogP contribution is 2.27. The molecule has 0 aliphatic heterocycles. The summed E-state index contributed by atoms with van der Waals surface area (Å²) < 4.78 is 38.1. The molecule has 0 aliphatic carbocycles. The molecule has 1 N–H and O–H groups in total. The molecular weight excluding hydrogens is 297 g/mol. The van der Waals surface area contributed by atoms with E-state index in [2.05, 4.69) is 15.6 Å². The Hall–Kier alpha value is -2.64. The molecule has 2 rings (SSSR count). The second-order valence-corrected chi connectivity index (χ2v) is 4.49. The molecule has 5 nitrogen and oxygen atoms in total. The van der Waals surface area contributed by atoms with Crippen molar-refractivity contribution in [1.82, 2.24) is 15.2 Å². The summed E-state index contributed by atoms with van der Waals surface area (Å²) >= 11 is 0. The van der Waals surface area contributed by atoms with Crippen molar-refractivity contribution in [2.24, 2.45) is 5.10 Å². The van der Waals surface area contributed by atoms with Crippen molar-refractivity contribution < 1.29 is 18.0 Å². The van der Waals surface area contributed by atoms with Gasteiger partial charge in [0.25, 0.3) is 5.91 Å². The number of carbonyl (C=O) groups is 1. The van der Waals surface area contributed by atoms with Crippen LogP contribution in [0.1, 0.15) is 18.2 Å². The maximum atomic E-state index is 12.4. The molecular formula is C14H13F3N4O.